The Morgan fingerprint density at radius 1 is 1.10 bits per heavy atom. The molecule has 1 aromatic carbocycles. The van der Waals surface area contributed by atoms with Crippen molar-refractivity contribution in [3.8, 4) is 0 Å². The summed E-state index contributed by atoms with van der Waals surface area (Å²) < 4.78 is 30.2. The highest BCUT2D eigenvalue weighted by atomic mass is 32.2. The molecular formula is C21H23NO6S2. The van der Waals surface area contributed by atoms with E-state index in [9.17, 15) is 22.8 Å². The molecule has 3 rings (SSSR count). The number of fused-ring (bicyclic) bond motifs is 1. The highest BCUT2D eigenvalue weighted by Crippen LogP contribution is 2.30. The zero-order valence-electron chi connectivity index (χ0n) is 16.8. The first-order valence-corrected chi connectivity index (χ1v) is 12.2. The van der Waals surface area contributed by atoms with Crippen molar-refractivity contribution in [3.05, 3.63) is 51.2 Å². The Hall–Kier alpha value is -2.52. The number of ether oxygens (including phenoxy) is 1. The second-order valence-corrected chi connectivity index (χ2v) is 10.4. The lowest BCUT2D eigenvalue weighted by molar-refractivity contribution is -0.142. The molecule has 2 heterocycles. The van der Waals surface area contributed by atoms with Crippen LogP contribution in [0.1, 0.15) is 49.7 Å². The van der Waals surface area contributed by atoms with Crippen molar-refractivity contribution in [1.29, 1.82) is 0 Å². The van der Waals surface area contributed by atoms with Crippen LogP contribution in [0.4, 0.5) is 5.69 Å². The topological polar surface area (TPSA) is 97.8 Å². The lowest BCUT2D eigenvalue weighted by Crippen LogP contribution is -2.34. The Kier molecular flexibility index (Phi) is 6.72. The molecule has 30 heavy (non-hydrogen) atoms. The van der Waals surface area contributed by atoms with Crippen LogP contribution in [-0.2, 0) is 26.0 Å². The minimum Gasteiger partial charge on any atom is -0.457 e. The molecule has 160 valence electrons. The van der Waals surface area contributed by atoms with Gasteiger partial charge in [0, 0.05) is 23.4 Å². The number of thiophene rings is 1. The van der Waals surface area contributed by atoms with Gasteiger partial charge >= 0.3 is 5.97 Å². The largest absolute Gasteiger partial charge is 0.457 e. The van der Waals surface area contributed by atoms with Crippen LogP contribution >= 0.6 is 11.3 Å². The van der Waals surface area contributed by atoms with E-state index < -0.39 is 22.6 Å². The van der Waals surface area contributed by atoms with Crippen LogP contribution in [0, 0.1) is 6.92 Å². The fourth-order valence-electron chi connectivity index (χ4n) is 3.31. The average Bonchev–Trinajstić information content (AvgIpc) is 3.15. The van der Waals surface area contributed by atoms with Gasteiger partial charge in [0.15, 0.2) is 18.2 Å². The van der Waals surface area contributed by atoms with Crippen LogP contribution < -0.4 is 4.31 Å². The van der Waals surface area contributed by atoms with Gasteiger partial charge in [0.1, 0.15) is 0 Å². The molecule has 7 nitrogen and oxygen atoms in total. The molecule has 1 aromatic heterocycles. The van der Waals surface area contributed by atoms with Gasteiger partial charge in [0.25, 0.3) is 0 Å². The van der Waals surface area contributed by atoms with Crippen LogP contribution in [0.5, 0.6) is 0 Å². The highest BCUT2D eigenvalue weighted by molar-refractivity contribution is 7.92. The predicted octanol–water partition coefficient (Wildman–Crippen LogP) is 3.16. The van der Waals surface area contributed by atoms with E-state index in [2.05, 4.69) is 0 Å². The third-order valence-corrected chi connectivity index (χ3v) is 7.04. The Morgan fingerprint density at radius 3 is 2.53 bits per heavy atom. The van der Waals surface area contributed by atoms with Crippen molar-refractivity contribution < 1.29 is 27.5 Å². The van der Waals surface area contributed by atoms with Gasteiger partial charge in [-0.3, -0.25) is 18.7 Å². The summed E-state index contributed by atoms with van der Waals surface area (Å²) in [5.74, 6) is -1.10. The highest BCUT2D eigenvalue weighted by Gasteiger charge is 2.25. The first kappa shape index (κ1) is 22.2. The van der Waals surface area contributed by atoms with Crippen LogP contribution in [0.25, 0.3) is 0 Å². The van der Waals surface area contributed by atoms with Crippen molar-refractivity contribution >= 4 is 44.6 Å². The summed E-state index contributed by atoms with van der Waals surface area (Å²) in [7, 11) is -3.37. The van der Waals surface area contributed by atoms with Gasteiger partial charge in [-0.25, -0.2) is 8.42 Å². The molecular weight excluding hydrogens is 426 g/mol. The molecule has 0 N–H and O–H groups in total. The number of ketones is 2. The normalized spacial score (nSPS) is 13.6. The van der Waals surface area contributed by atoms with Gasteiger partial charge in [-0.2, -0.15) is 0 Å². The van der Waals surface area contributed by atoms with Crippen LogP contribution in [0.3, 0.4) is 0 Å². The number of sulfonamides is 1. The molecule has 0 unspecified atom stereocenters. The molecule has 9 heteroatoms. The third-order valence-electron chi connectivity index (χ3n) is 4.81. The number of Topliss-reactive ketones (excluding diaryl/α,β-unsaturated/α-hetero) is 2. The molecule has 2 aromatic rings. The molecule has 0 aliphatic carbocycles. The number of nitrogens with zero attached hydrogens (tertiary/aromatic N) is 1. The van der Waals surface area contributed by atoms with Gasteiger partial charge in [0.05, 0.1) is 23.2 Å². The van der Waals surface area contributed by atoms with E-state index in [1.54, 1.807) is 24.3 Å². The molecule has 0 saturated heterocycles. The number of hydrogen-bond acceptors (Lipinski definition) is 7. The molecule has 1 aliphatic rings. The van der Waals surface area contributed by atoms with E-state index in [0.717, 1.165) is 16.7 Å². The van der Waals surface area contributed by atoms with Crippen molar-refractivity contribution in [2.45, 2.75) is 32.6 Å². The van der Waals surface area contributed by atoms with Crippen molar-refractivity contribution in [2.24, 2.45) is 0 Å². The second kappa shape index (κ2) is 9.09. The number of carbonyl (C=O) groups excluding carboxylic acids is 3. The van der Waals surface area contributed by atoms with Crippen LogP contribution in [-0.4, -0.2) is 45.4 Å². The lowest BCUT2D eigenvalue weighted by Gasteiger charge is -2.29. The summed E-state index contributed by atoms with van der Waals surface area (Å²) in [5, 5.41) is 0. The summed E-state index contributed by atoms with van der Waals surface area (Å²) in [6, 6.07) is 8.40. The lowest BCUT2D eigenvalue weighted by atomic mass is 9.99. The number of aryl methyl sites for hydroxylation is 2. The maximum atomic E-state index is 12.4. The number of rotatable bonds is 8. The van der Waals surface area contributed by atoms with Gasteiger partial charge in [-0.1, -0.05) is 0 Å². The van der Waals surface area contributed by atoms with Gasteiger partial charge in [0.2, 0.25) is 10.0 Å². The summed E-state index contributed by atoms with van der Waals surface area (Å²) in [5.41, 5.74) is 1.72. The van der Waals surface area contributed by atoms with E-state index in [4.69, 9.17) is 4.74 Å². The molecule has 0 spiro atoms. The first-order valence-electron chi connectivity index (χ1n) is 9.54. The van der Waals surface area contributed by atoms with Gasteiger partial charge in [-0.15, -0.1) is 11.3 Å². The Balaban J connectivity index is 1.55. The SMILES string of the molecule is Cc1ccc(C(=O)CCC(=O)OCC(=O)c2ccc3c(c2)CCCN3S(C)(=O)=O)s1. The Bertz CT molecular complexity index is 1090. The van der Waals surface area contributed by atoms with Crippen molar-refractivity contribution in [1.82, 2.24) is 0 Å². The van der Waals surface area contributed by atoms with Crippen molar-refractivity contribution in [3.63, 3.8) is 0 Å². The monoisotopic (exact) mass is 449 g/mol. The number of carbonyl (C=O) groups is 3. The number of benzene rings is 1. The fourth-order valence-corrected chi connectivity index (χ4v) is 5.14. The Morgan fingerprint density at radius 2 is 1.87 bits per heavy atom. The second-order valence-electron chi connectivity index (χ2n) is 7.20. The quantitative estimate of drug-likeness (QED) is 0.454. The maximum absolute atomic E-state index is 12.4. The molecule has 0 radical (unpaired) electrons. The standard InChI is InChI=1S/C21H23NO6S2/c1-14-5-9-20(29-14)18(23)8-10-21(25)28-13-19(24)16-6-7-17-15(12-16)4-3-11-22(17)30(2,26)27/h5-7,9,12H,3-4,8,10-11,13H2,1-2H3. The van der Waals surface area contributed by atoms with Crippen LogP contribution in [0.15, 0.2) is 30.3 Å². The molecule has 0 atom stereocenters. The zero-order valence-corrected chi connectivity index (χ0v) is 18.5. The van der Waals surface area contributed by atoms with E-state index in [1.165, 1.54) is 15.6 Å². The van der Waals surface area contributed by atoms with E-state index in [1.807, 2.05) is 13.0 Å². The van der Waals surface area contributed by atoms with Crippen LogP contribution in [0.2, 0.25) is 0 Å². The van der Waals surface area contributed by atoms with Gasteiger partial charge < -0.3 is 4.74 Å². The maximum Gasteiger partial charge on any atom is 0.306 e. The summed E-state index contributed by atoms with van der Waals surface area (Å²) >= 11 is 1.38. The fraction of sp³-hybridized carbons (Fsp3) is 0.381. The number of hydrogen-bond donors (Lipinski definition) is 0. The summed E-state index contributed by atoms with van der Waals surface area (Å²) in [4.78, 5) is 38.0. The summed E-state index contributed by atoms with van der Waals surface area (Å²) in [6.45, 7) is 1.90. The molecule has 0 bridgehead atoms. The first-order chi connectivity index (χ1) is 14.1. The minimum absolute atomic E-state index is 0.0349. The number of anilines is 1. The Labute approximate surface area is 179 Å². The predicted molar refractivity (Wildman–Crippen MR) is 115 cm³/mol. The zero-order chi connectivity index (χ0) is 21.9. The van der Waals surface area contributed by atoms with Gasteiger partial charge in [-0.05, 0) is 55.7 Å². The number of esters is 1. The molecule has 0 amide bonds. The van der Waals surface area contributed by atoms with E-state index in [-0.39, 0.29) is 24.4 Å². The average molecular weight is 450 g/mol. The van der Waals surface area contributed by atoms with E-state index >= 15 is 0 Å². The third kappa shape index (κ3) is 5.34. The smallest absolute Gasteiger partial charge is 0.306 e. The van der Waals surface area contributed by atoms with E-state index in [0.29, 0.717) is 35.5 Å². The summed E-state index contributed by atoms with van der Waals surface area (Å²) in [6.07, 6.45) is 2.45. The molecule has 0 fully saturated rings. The minimum atomic E-state index is -3.37. The molecule has 0 saturated carbocycles. The molecule has 1 aliphatic heterocycles. The van der Waals surface area contributed by atoms with Crippen molar-refractivity contribution in [2.75, 3.05) is 23.7 Å².